The van der Waals surface area contributed by atoms with Crippen molar-refractivity contribution in [3.63, 3.8) is 0 Å². The van der Waals surface area contributed by atoms with Crippen LogP contribution < -0.4 is 9.62 Å². The highest BCUT2D eigenvalue weighted by atomic mass is 32.2. The van der Waals surface area contributed by atoms with E-state index < -0.39 is 15.9 Å². The third-order valence-electron chi connectivity index (χ3n) is 6.81. The van der Waals surface area contributed by atoms with E-state index in [1.807, 2.05) is 30.1 Å². The number of hydrogen-bond donors (Lipinski definition) is 1. The SMILES string of the molecule is CN(CCc1ccccc1)c1ncc(C(=O)NS(=O)(=O)c2ccccc2)c(CCC2CCCCC2)n1. The number of amides is 1. The van der Waals surface area contributed by atoms with Crippen molar-refractivity contribution < 1.29 is 13.2 Å². The quantitative estimate of drug-likeness (QED) is 0.425. The third kappa shape index (κ3) is 6.91. The van der Waals surface area contributed by atoms with Gasteiger partial charge in [-0.25, -0.2) is 23.1 Å². The van der Waals surface area contributed by atoms with Crippen LogP contribution >= 0.6 is 0 Å². The summed E-state index contributed by atoms with van der Waals surface area (Å²) >= 11 is 0. The van der Waals surface area contributed by atoms with Crippen LogP contribution in [0.1, 0.15) is 60.1 Å². The van der Waals surface area contributed by atoms with Gasteiger partial charge < -0.3 is 4.90 Å². The van der Waals surface area contributed by atoms with Gasteiger partial charge in [0.05, 0.1) is 16.2 Å². The largest absolute Gasteiger partial charge is 0.344 e. The minimum Gasteiger partial charge on any atom is -0.344 e. The highest BCUT2D eigenvalue weighted by Crippen LogP contribution is 2.28. The van der Waals surface area contributed by atoms with E-state index in [2.05, 4.69) is 21.8 Å². The smallest absolute Gasteiger partial charge is 0.268 e. The number of anilines is 1. The van der Waals surface area contributed by atoms with Gasteiger partial charge in [0, 0.05) is 19.8 Å². The Hall–Kier alpha value is -3.26. The molecular weight excluding hydrogens is 472 g/mol. The van der Waals surface area contributed by atoms with Crippen molar-refractivity contribution in [2.24, 2.45) is 5.92 Å². The van der Waals surface area contributed by atoms with Gasteiger partial charge in [0.1, 0.15) is 0 Å². The first-order chi connectivity index (χ1) is 17.4. The van der Waals surface area contributed by atoms with Crippen LogP contribution in [0.3, 0.4) is 0 Å². The number of rotatable bonds is 10. The van der Waals surface area contributed by atoms with Crippen molar-refractivity contribution in [1.82, 2.24) is 14.7 Å². The van der Waals surface area contributed by atoms with Gasteiger partial charge in [0.15, 0.2) is 0 Å². The molecule has 190 valence electrons. The molecule has 0 atom stereocenters. The van der Waals surface area contributed by atoms with E-state index in [1.54, 1.807) is 18.2 Å². The summed E-state index contributed by atoms with van der Waals surface area (Å²) in [6.45, 7) is 0.722. The lowest BCUT2D eigenvalue weighted by Crippen LogP contribution is -2.32. The first-order valence-corrected chi connectivity index (χ1v) is 14.1. The topological polar surface area (TPSA) is 92.3 Å². The molecule has 7 nitrogen and oxygen atoms in total. The lowest BCUT2D eigenvalue weighted by molar-refractivity contribution is 0.0979. The first kappa shape index (κ1) is 25.8. The average Bonchev–Trinajstić information content (AvgIpc) is 2.92. The molecule has 8 heteroatoms. The summed E-state index contributed by atoms with van der Waals surface area (Å²) in [5.41, 5.74) is 2.03. The summed E-state index contributed by atoms with van der Waals surface area (Å²) in [7, 11) is -2.06. The molecular formula is C28H34N4O3S. The second kappa shape index (κ2) is 12.1. The number of aromatic nitrogens is 2. The second-order valence-electron chi connectivity index (χ2n) is 9.48. The van der Waals surface area contributed by atoms with Gasteiger partial charge in [-0.15, -0.1) is 0 Å². The number of benzene rings is 2. The Morgan fingerprint density at radius 3 is 2.33 bits per heavy atom. The molecule has 1 fully saturated rings. The summed E-state index contributed by atoms with van der Waals surface area (Å²) in [5.74, 6) is 0.444. The Balaban J connectivity index is 1.53. The van der Waals surface area contributed by atoms with Crippen LogP contribution in [0.5, 0.6) is 0 Å². The molecule has 1 aliphatic rings. The van der Waals surface area contributed by atoms with Crippen LogP contribution in [0.4, 0.5) is 5.95 Å². The predicted octanol–water partition coefficient (Wildman–Crippen LogP) is 4.79. The van der Waals surface area contributed by atoms with Crippen molar-refractivity contribution in [2.45, 2.75) is 56.3 Å². The minimum atomic E-state index is -3.99. The number of carbonyl (C=O) groups excluding carboxylic acids is 1. The van der Waals surface area contributed by atoms with Crippen molar-refractivity contribution >= 4 is 21.9 Å². The van der Waals surface area contributed by atoms with Crippen molar-refractivity contribution in [3.05, 3.63) is 83.7 Å². The van der Waals surface area contributed by atoms with Crippen LogP contribution in [0, 0.1) is 5.92 Å². The standard InChI is InChI=1S/C28H34N4O3S/c1-32(20-19-23-13-7-3-8-14-23)28-29-21-25(26(30-28)18-17-22-11-5-2-6-12-22)27(33)31-36(34,35)24-15-9-4-10-16-24/h3-4,7-10,13-16,21-22H,2,5-6,11-12,17-20H2,1H3,(H,31,33). The summed E-state index contributed by atoms with van der Waals surface area (Å²) in [5, 5.41) is 0. The van der Waals surface area contributed by atoms with Gasteiger partial charge in [-0.1, -0.05) is 80.6 Å². The Morgan fingerprint density at radius 2 is 1.64 bits per heavy atom. The molecule has 1 saturated carbocycles. The Labute approximate surface area is 214 Å². The van der Waals surface area contributed by atoms with Crippen molar-refractivity contribution in [3.8, 4) is 0 Å². The van der Waals surface area contributed by atoms with Gasteiger partial charge in [-0.3, -0.25) is 4.79 Å². The minimum absolute atomic E-state index is 0.0419. The molecule has 0 radical (unpaired) electrons. The zero-order chi connectivity index (χ0) is 25.4. The fourth-order valence-electron chi connectivity index (χ4n) is 4.66. The summed E-state index contributed by atoms with van der Waals surface area (Å²) < 4.78 is 27.7. The van der Waals surface area contributed by atoms with E-state index in [0.717, 1.165) is 19.4 Å². The molecule has 0 bridgehead atoms. The van der Waals surface area contributed by atoms with Gasteiger partial charge in [-0.05, 0) is 42.9 Å². The molecule has 1 amide bonds. The molecule has 1 heterocycles. The number of carbonyl (C=O) groups is 1. The summed E-state index contributed by atoms with van der Waals surface area (Å²) in [4.78, 5) is 24.3. The Bertz CT molecular complexity index is 1240. The third-order valence-corrected chi connectivity index (χ3v) is 8.16. The molecule has 1 aromatic heterocycles. The average molecular weight is 507 g/mol. The molecule has 0 aliphatic heterocycles. The normalized spacial score (nSPS) is 14.4. The maximum absolute atomic E-state index is 13.1. The summed E-state index contributed by atoms with van der Waals surface area (Å²) in [6.07, 6.45) is 10.00. The van der Waals surface area contributed by atoms with Crippen LogP contribution in [0.15, 0.2) is 71.8 Å². The predicted molar refractivity (Wildman–Crippen MR) is 141 cm³/mol. The van der Waals surface area contributed by atoms with Crippen LogP contribution in [0.25, 0.3) is 0 Å². The number of hydrogen-bond acceptors (Lipinski definition) is 6. The van der Waals surface area contributed by atoms with E-state index >= 15 is 0 Å². The highest BCUT2D eigenvalue weighted by molar-refractivity contribution is 7.90. The van der Waals surface area contributed by atoms with Crippen LogP contribution in [-0.4, -0.2) is 37.9 Å². The number of nitrogens with one attached hydrogen (secondary N) is 1. The molecule has 36 heavy (non-hydrogen) atoms. The van der Waals surface area contributed by atoms with E-state index in [0.29, 0.717) is 24.0 Å². The maximum atomic E-state index is 13.1. The van der Waals surface area contributed by atoms with Gasteiger partial charge in [-0.2, -0.15) is 0 Å². The molecule has 0 spiro atoms. The molecule has 3 aromatic rings. The van der Waals surface area contributed by atoms with Crippen molar-refractivity contribution in [2.75, 3.05) is 18.5 Å². The van der Waals surface area contributed by atoms with Crippen LogP contribution in [0.2, 0.25) is 0 Å². The highest BCUT2D eigenvalue weighted by Gasteiger charge is 2.23. The summed E-state index contributed by atoms with van der Waals surface area (Å²) in [6, 6.07) is 18.1. The maximum Gasteiger partial charge on any atom is 0.268 e. The number of likely N-dealkylation sites (N-methyl/N-ethyl adjacent to an activating group) is 1. The van der Waals surface area contributed by atoms with E-state index in [9.17, 15) is 13.2 Å². The van der Waals surface area contributed by atoms with Gasteiger partial charge in [0.2, 0.25) is 5.95 Å². The zero-order valence-corrected chi connectivity index (χ0v) is 21.6. The fourth-order valence-corrected chi connectivity index (χ4v) is 5.65. The van der Waals surface area contributed by atoms with Gasteiger partial charge in [0.25, 0.3) is 15.9 Å². The van der Waals surface area contributed by atoms with E-state index in [-0.39, 0.29) is 10.5 Å². The fraction of sp³-hybridized carbons (Fsp3) is 0.393. The van der Waals surface area contributed by atoms with Gasteiger partial charge >= 0.3 is 0 Å². The van der Waals surface area contributed by atoms with Crippen molar-refractivity contribution in [1.29, 1.82) is 0 Å². The van der Waals surface area contributed by atoms with Crippen LogP contribution in [-0.2, 0) is 22.9 Å². The van der Waals surface area contributed by atoms with E-state index in [4.69, 9.17) is 4.98 Å². The molecule has 0 saturated heterocycles. The first-order valence-electron chi connectivity index (χ1n) is 12.7. The zero-order valence-electron chi connectivity index (χ0n) is 20.8. The second-order valence-corrected chi connectivity index (χ2v) is 11.2. The number of nitrogens with zero attached hydrogens (tertiary/aromatic N) is 3. The Morgan fingerprint density at radius 1 is 0.972 bits per heavy atom. The molecule has 1 N–H and O–H groups in total. The molecule has 2 aromatic carbocycles. The molecule has 1 aliphatic carbocycles. The Kier molecular flexibility index (Phi) is 8.70. The lowest BCUT2D eigenvalue weighted by atomic mass is 9.85. The number of sulfonamides is 1. The molecule has 0 unspecified atom stereocenters. The monoisotopic (exact) mass is 506 g/mol. The number of aryl methyl sites for hydroxylation is 1. The van der Waals surface area contributed by atoms with E-state index in [1.165, 1.54) is 56.0 Å². The molecule has 4 rings (SSSR count). The lowest BCUT2D eigenvalue weighted by Gasteiger charge is -2.22.